The molecule has 0 spiro atoms. The Morgan fingerprint density at radius 1 is 1.44 bits per heavy atom. The van der Waals surface area contributed by atoms with E-state index in [0.717, 1.165) is 16.3 Å². The highest BCUT2D eigenvalue weighted by atomic mass is 35.5. The highest BCUT2D eigenvalue weighted by Gasteiger charge is 2.35. The number of amides is 1. The van der Waals surface area contributed by atoms with Crippen molar-refractivity contribution in [1.82, 2.24) is 5.32 Å². The van der Waals surface area contributed by atoms with Crippen LogP contribution in [-0.2, 0) is 14.8 Å². The van der Waals surface area contributed by atoms with Crippen LogP contribution in [0.15, 0.2) is 18.2 Å². The van der Waals surface area contributed by atoms with Gasteiger partial charge in [-0.15, -0.1) is 0 Å². The molecule has 1 aromatic rings. The zero-order chi connectivity index (χ0) is 18.8. The molecule has 1 unspecified atom stereocenters. The molecular weight excluding hydrogens is 384 g/mol. The highest BCUT2D eigenvalue weighted by molar-refractivity contribution is 8.00. The maximum Gasteiger partial charge on any atom is 0.263 e. The lowest BCUT2D eigenvalue weighted by molar-refractivity contribution is -0.127. The molecule has 1 amide bonds. The summed E-state index contributed by atoms with van der Waals surface area (Å²) in [6.07, 6.45) is 0.195. The summed E-state index contributed by atoms with van der Waals surface area (Å²) in [6.45, 7) is 6.73. The summed E-state index contributed by atoms with van der Waals surface area (Å²) in [6, 6.07) is 4.69. The first-order chi connectivity index (χ1) is 11.5. The van der Waals surface area contributed by atoms with E-state index in [-0.39, 0.29) is 17.2 Å². The second-order valence-corrected chi connectivity index (χ2v) is 11.0. The average molecular weight is 407 g/mol. The van der Waals surface area contributed by atoms with Crippen LogP contribution in [0.4, 0.5) is 5.69 Å². The highest BCUT2D eigenvalue weighted by Crippen LogP contribution is 2.37. The van der Waals surface area contributed by atoms with Gasteiger partial charge < -0.3 is 10.1 Å². The Morgan fingerprint density at radius 3 is 2.72 bits per heavy atom. The Balaban J connectivity index is 2.08. The standard InChI is InChI=1S/C16H23ClN2O4S2/c1-16(2,3)24-8-7-18-15(20)14-10-19(25(4,21)22)12-9-11(17)5-6-13(12)23-14/h5-6,9,14H,7-8,10H2,1-4H3,(H,18,20). The monoisotopic (exact) mass is 406 g/mol. The smallest absolute Gasteiger partial charge is 0.263 e. The van der Waals surface area contributed by atoms with Crippen LogP contribution in [-0.4, -0.2) is 50.3 Å². The van der Waals surface area contributed by atoms with Crippen molar-refractivity contribution in [3.63, 3.8) is 0 Å². The maximum absolute atomic E-state index is 12.4. The van der Waals surface area contributed by atoms with E-state index in [9.17, 15) is 13.2 Å². The molecule has 0 aromatic heterocycles. The Hall–Kier alpha value is -1.12. The molecule has 25 heavy (non-hydrogen) atoms. The minimum atomic E-state index is -3.56. The van der Waals surface area contributed by atoms with Crippen molar-refractivity contribution in [2.45, 2.75) is 31.6 Å². The number of halogens is 1. The summed E-state index contributed by atoms with van der Waals surface area (Å²) in [5.74, 6) is 0.762. The quantitative estimate of drug-likeness (QED) is 0.760. The number of nitrogens with one attached hydrogen (secondary N) is 1. The van der Waals surface area contributed by atoms with Crippen LogP contribution in [0.25, 0.3) is 0 Å². The summed E-state index contributed by atoms with van der Waals surface area (Å²) >= 11 is 7.69. The van der Waals surface area contributed by atoms with E-state index in [1.54, 1.807) is 23.9 Å². The van der Waals surface area contributed by atoms with Gasteiger partial charge in [-0.3, -0.25) is 9.10 Å². The van der Waals surface area contributed by atoms with Crippen LogP contribution in [0.3, 0.4) is 0 Å². The zero-order valence-electron chi connectivity index (χ0n) is 14.7. The number of benzene rings is 1. The SMILES string of the molecule is CC(C)(C)SCCNC(=O)C1CN(S(C)(=O)=O)c2cc(Cl)ccc2O1. The molecule has 1 aliphatic rings. The third kappa shape index (κ3) is 5.69. The topological polar surface area (TPSA) is 75.7 Å². The van der Waals surface area contributed by atoms with Crippen LogP contribution in [0, 0.1) is 0 Å². The molecule has 1 aliphatic heterocycles. The number of hydrogen-bond acceptors (Lipinski definition) is 5. The normalized spacial score (nSPS) is 17.6. The molecule has 1 aromatic carbocycles. The minimum Gasteiger partial charge on any atom is -0.476 e. The fourth-order valence-corrected chi connectivity index (χ4v) is 4.21. The molecule has 0 saturated heterocycles. The molecule has 0 fully saturated rings. The van der Waals surface area contributed by atoms with Gasteiger partial charge in [0.15, 0.2) is 6.10 Å². The number of hydrogen-bond donors (Lipinski definition) is 1. The minimum absolute atomic E-state index is 0.0789. The van der Waals surface area contributed by atoms with Crippen LogP contribution < -0.4 is 14.4 Å². The van der Waals surface area contributed by atoms with Crippen molar-refractivity contribution < 1.29 is 17.9 Å². The van der Waals surface area contributed by atoms with Gasteiger partial charge >= 0.3 is 0 Å². The van der Waals surface area contributed by atoms with Gasteiger partial charge in [0.25, 0.3) is 5.91 Å². The first-order valence-corrected chi connectivity index (χ1v) is 11.0. The van der Waals surface area contributed by atoms with Gasteiger partial charge in [-0.1, -0.05) is 32.4 Å². The van der Waals surface area contributed by atoms with Crippen molar-refractivity contribution in [2.75, 3.05) is 29.4 Å². The lowest BCUT2D eigenvalue weighted by atomic mass is 10.2. The van der Waals surface area contributed by atoms with E-state index < -0.39 is 16.1 Å². The lowest BCUT2D eigenvalue weighted by Gasteiger charge is -2.34. The second kappa shape index (κ2) is 7.63. The number of rotatable bonds is 5. The fraction of sp³-hybridized carbons (Fsp3) is 0.562. The number of carbonyl (C=O) groups is 1. The summed E-state index contributed by atoms with van der Waals surface area (Å²) in [7, 11) is -3.56. The first-order valence-electron chi connectivity index (χ1n) is 7.83. The van der Waals surface area contributed by atoms with Crippen molar-refractivity contribution in [3.05, 3.63) is 23.2 Å². The number of fused-ring (bicyclic) bond motifs is 1. The molecule has 0 bridgehead atoms. The fourth-order valence-electron chi connectivity index (χ4n) is 2.32. The van der Waals surface area contributed by atoms with Crippen molar-refractivity contribution in [2.24, 2.45) is 0 Å². The number of anilines is 1. The molecular formula is C16H23ClN2O4S2. The second-order valence-electron chi connectivity index (χ2n) is 6.76. The maximum atomic E-state index is 12.4. The van der Waals surface area contributed by atoms with E-state index in [1.165, 1.54) is 6.07 Å². The van der Waals surface area contributed by atoms with Gasteiger partial charge in [-0.05, 0) is 18.2 Å². The van der Waals surface area contributed by atoms with Crippen LogP contribution in [0.2, 0.25) is 5.02 Å². The van der Waals surface area contributed by atoms with E-state index in [2.05, 4.69) is 26.1 Å². The number of carbonyl (C=O) groups excluding carboxylic acids is 1. The summed E-state index contributed by atoms with van der Waals surface area (Å²) < 4.78 is 31.2. The number of ether oxygens (including phenoxy) is 1. The summed E-state index contributed by atoms with van der Waals surface area (Å²) in [5, 5.41) is 3.21. The van der Waals surface area contributed by atoms with E-state index in [0.29, 0.717) is 23.0 Å². The van der Waals surface area contributed by atoms with E-state index in [4.69, 9.17) is 16.3 Å². The molecule has 0 saturated carbocycles. The Bertz CT molecular complexity index is 747. The molecule has 1 heterocycles. The molecule has 1 atom stereocenters. The summed E-state index contributed by atoms with van der Waals surface area (Å²) in [4.78, 5) is 12.4. The van der Waals surface area contributed by atoms with Gasteiger partial charge in [-0.25, -0.2) is 8.42 Å². The van der Waals surface area contributed by atoms with Crippen molar-refractivity contribution in [3.8, 4) is 5.75 Å². The molecule has 140 valence electrons. The van der Waals surface area contributed by atoms with E-state index >= 15 is 0 Å². The van der Waals surface area contributed by atoms with Crippen LogP contribution in [0.5, 0.6) is 5.75 Å². The van der Waals surface area contributed by atoms with Gasteiger partial charge in [0, 0.05) is 22.1 Å². The molecule has 6 nitrogen and oxygen atoms in total. The number of sulfonamides is 1. The van der Waals surface area contributed by atoms with Crippen molar-refractivity contribution in [1.29, 1.82) is 0 Å². The third-order valence-corrected chi connectivity index (χ3v) is 6.08. The lowest BCUT2D eigenvalue weighted by Crippen LogP contribution is -2.50. The average Bonchev–Trinajstić information content (AvgIpc) is 2.48. The van der Waals surface area contributed by atoms with Gasteiger partial charge in [0.1, 0.15) is 5.75 Å². The van der Waals surface area contributed by atoms with E-state index in [1.807, 2.05) is 0 Å². The van der Waals surface area contributed by atoms with Gasteiger partial charge in [-0.2, -0.15) is 11.8 Å². The Labute approximate surface area is 158 Å². The number of nitrogens with zero attached hydrogens (tertiary/aromatic N) is 1. The zero-order valence-corrected chi connectivity index (χ0v) is 17.1. The van der Waals surface area contributed by atoms with Gasteiger partial charge in [0.05, 0.1) is 18.5 Å². The molecule has 1 N–H and O–H groups in total. The molecule has 0 aliphatic carbocycles. The molecule has 2 rings (SSSR count). The largest absolute Gasteiger partial charge is 0.476 e. The molecule has 9 heteroatoms. The third-order valence-electron chi connectivity index (χ3n) is 3.42. The molecule has 0 radical (unpaired) electrons. The van der Waals surface area contributed by atoms with Crippen molar-refractivity contribution >= 4 is 45.0 Å². The Morgan fingerprint density at radius 2 is 2.12 bits per heavy atom. The first kappa shape index (κ1) is 20.2. The predicted octanol–water partition coefficient (Wildman–Crippen LogP) is 2.51. The van der Waals surface area contributed by atoms with Crippen LogP contribution in [0.1, 0.15) is 20.8 Å². The number of thioether (sulfide) groups is 1. The van der Waals surface area contributed by atoms with Gasteiger partial charge in [0.2, 0.25) is 10.0 Å². The Kier molecular flexibility index (Phi) is 6.17. The summed E-state index contributed by atoms with van der Waals surface area (Å²) in [5.41, 5.74) is 0.349. The van der Waals surface area contributed by atoms with Crippen LogP contribution >= 0.6 is 23.4 Å². The predicted molar refractivity (Wildman–Crippen MR) is 103 cm³/mol.